The van der Waals surface area contributed by atoms with Gasteiger partial charge < -0.3 is 10.5 Å². The summed E-state index contributed by atoms with van der Waals surface area (Å²) in [5.41, 5.74) is 6.01. The number of hydrogen-bond donors (Lipinski definition) is 1. The number of hydrogen-bond acceptors (Lipinski definition) is 4. The first kappa shape index (κ1) is 12.9. The SMILES string of the molecule is Cn1c(COc2cccc(N)c2)cc(=O)n(C)c1=O. The van der Waals surface area contributed by atoms with Crippen molar-refractivity contribution >= 4 is 5.69 Å². The molecule has 2 rings (SSSR count). The Morgan fingerprint density at radius 3 is 2.58 bits per heavy atom. The van der Waals surface area contributed by atoms with Crippen LogP contribution in [0.25, 0.3) is 0 Å². The molecule has 0 saturated carbocycles. The summed E-state index contributed by atoms with van der Waals surface area (Å²) in [6.45, 7) is 0.130. The molecule has 0 atom stereocenters. The van der Waals surface area contributed by atoms with Crippen LogP contribution in [0.15, 0.2) is 39.9 Å². The summed E-state index contributed by atoms with van der Waals surface area (Å²) in [7, 11) is 3.03. The molecule has 0 bridgehead atoms. The van der Waals surface area contributed by atoms with Crippen LogP contribution in [-0.4, -0.2) is 9.13 Å². The highest BCUT2D eigenvalue weighted by Crippen LogP contribution is 2.15. The maximum atomic E-state index is 11.7. The lowest BCUT2D eigenvalue weighted by molar-refractivity contribution is 0.293. The molecule has 6 heteroatoms. The van der Waals surface area contributed by atoms with Gasteiger partial charge in [-0.2, -0.15) is 0 Å². The number of nitrogen functional groups attached to an aromatic ring is 1. The van der Waals surface area contributed by atoms with Crippen molar-refractivity contribution in [2.24, 2.45) is 14.1 Å². The van der Waals surface area contributed by atoms with Gasteiger partial charge in [0.05, 0.1) is 5.69 Å². The Kier molecular flexibility index (Phi) is 3.41. The van der Waals surface area contributed by atoms with Crippen molar-refractivity contribution in [2.75, 3.05) is 5.73 Å². The van der Waals surface area contributed by atoms with E-state index in [1.54, 1.807) is 31.3 Å². The maximum Gasteiger partial charge on any atom is 0.330 e. The quantitative estimate of drug-likeness (QED) is 0.803. The van der Waals surface area contributed by atoms with Gasteiger partial charge in [0.2, 0.25) is 0 Å². The Bertz CT molecular complexity index is 716. The highest BCUT2D eigenvalue weighted by atomic mass is 16.5. The second kappa shape index (κ2) is 5.01. The zero-order valence-corrected chi connectivity index (χ0v) is 10.8. The first-order chi connectivity index (χ1) is 8.99. The van der Waals surface area contributed by atoms with Gasteiger partial charge in [0.1, 0.15) is 12.4 Å². The highest BCUT2D eigenvalue weighted by Gasteiger charge is 2.06. The number of ether oxygens (including phenoxy) is 1. The van der Waals surface area contributed by atoms with E-state index in [-0.39, 0.29) is 17.9 Å². The summed E-state index contributed by atoms with van der Waals surface area (Å²) >= 11 is 0. The Morgan fingerprint density at radius 1 is 1.16 bits per heavy atom. The van der Waals surface area contributed by atoms with Gasteiger partial charge in [-0.05, 0) is 12.1 Å². The molecule has 0 fully saturated rings. The van der Waals surface area contributed by atoms with Crippen LogP contribution in [0.2, 0.25) is 0 Å². The number of rotatable bonds is 3. The summed E-state index contributed by atoms with van der Waals surface area (Å²) in [6, 6.07) is 8.34. The van der Waals surface area contributed by atoms with Crippen molar-refractivity contribution in [3.8, 4) is 5.75 Å². The lowest BCUT2D eigenvalue weighted by Crippen LogP contribution is -2.38. The van der Waals surface area contributed by atoms with Crippen LogP contribution in [0, 0.1) is 0 Å². The molecule has 0 aliphatic rings. The van der Waals surface area contributed by atoms with Gasteiger partial charge in [-0.15, -0.1) is 0 Å². The maximum absolute atomic E-state index is 11.7. The van der Waals surface area contributed by atoms with E-state index in [0.717, 1.165) is 4.57 Å². The molecular weight excluding hydrogens is 246 g/mol. The predicted molar refractivity (Wildman–Crippen MR) is 72.1 cm³/mol. The van der Waals surface area contributed by atoms with E-state index in [0.29, 0.717) is 17.1 Å². The van der Waals surface area contributed by atoms with E-state index in [1.807, 2.05) is 0 Å². The molecule has 19 heavy (non-hydrogen) atoms. The lowest BCUT2D eigenvalue weighted by Gasteiger charge is -2.11. The zero-order valence-electron chi connectivity index (χ0n) is 10.8. The van der Waals surface area contributed by atoms with E-state index in [1.165, 1.54) is 17.7 Å². The fourth-order valence-corrected chi connectivity index (χ4v) is 1.68. The van der Waals surface area contributed by atoms with Gasteiger partial charge in [0, 0.05) is 31.9 Å². The summed E-state index contributed by atoms with van der Waals surface area (Å²) in [4.78, 5) is 23.3. The van der Waals surface area contributed by atoms with Gasteiger partial charge in [0.25, 0.3) is 5.56 Å². The average molecular weight is 261 g/mol. The number of aromatic nitrogens is 2. The highest BCUT2D eigenvalue weighted by molar-refractivity contribution is 5.43. The molecule has 6 nitrogen and oxygen atoms in total. The van der Waals surface area contributed by atoms with E-state index >= 15 is 0 Å². The van der Waals surface area contributed by atoms with E-state index in [2.05, 4.69) is 0 Å². The topological polar surface area (TPSA) is 79.2 Å². The molecule has 0 aliphatic carbocycles. The summed E-state index contributed by atoms with van der Waals surface area (Å²) < 4.78 is 7.94. The number of anilines is 1. The average Bonchev–Trinajstić information content (AvgIpc) is 2.39. The van der Waals surface area contributed by atoms with Gasteiger partial charge in [-0.25, -0.2) is 4.79 Å². The fourth-order valence-electron chi connectivity index (χ4n) is 1.68. The van der Waals surface area contributed by atoms with Crippen LogP contribution in [0.1, 0.15) is 5.69 Å². The van der Waals surface area contributed by atoms with Crippen LogP contribution in [0.5, 0.6) is 5.75 Å². The molecule has 1 heterocycles. The third kappa shape index (κ3) is 2.67. The number of nitrogens with zero attached hydrogens (tertiary/aromatic N) is 2. The molecule has 1 aromatic heterocycles. The van der Waals surface area contributed by atoms with Crippen molar-refractivity contribution in [2.45, 2.75) is 6.61 Å². The van der Waals surface area contributed by atoms with Gasteiger partial charge >= 0.3 is 5.69 Å². The molecule has 0 aliphatic heterocycles. The lowest BCUT2D eigenvalue weighted by atomic mass is 10.3. The Morgan fingerprint density at radius 2 is 1.89 bits per heavy atom. The minimum Gasteiger partial charge on any atom is -0.487 e. The summed E-state index contributed by atoms with van der Waals surface area (Å²) in [5, 5.41) is 0. The Labute approximate surface area is 109 Å². The predicted octanol–water partition coefficient (Wildman–Crippen LogP) is 0.245. The van der Waals surface area contributed by atoms with E-state index < -0.39 is 0 Å². The monoisotopic (exact) mass is 261 g/mol. The van der Waals surface area contributed by atoms with Crippen molar-refractivity contribution in [3.63, 3.8) is 0 Å². The van der Waals surface area contributed by atoms with E-state index in [9.17, 15) is 9.59 Å². The Balaban J connectivity index is 2.26. The van der Waals surface area contributed by atoms with Crippen molar-refractivity contribution in [1.29, 1.82) is 0 Å². The first-order valence-electron chi connectivity index (χ1n) is 5.73. The fraction of sp³-hybridized carbons (Fsp3) is 0.231. The minimum atomic E-state index is -0.376. The zero-order chi connectivity index (χ0) is 14.0. The Hall–Kier alpha value is -2.50. The molecular formula is C13H15N3O3. The molecule has 0 unspecified atom stereocenters. The van der Waals surface area contributed by atoms with E-state index in [4.69, 9.17) is 10.5 Å². The molecule has 0 radical (unpaired) electrons. The minimum absolute atomic E-state index is 0.130. The number of nitrogens with two attached hydrogens (primary N) is 1. The molecule has 0 amide bonds. The van der Waals surface area contributed by atoms with Crippen molar-refractivity contribution in [3.05, 3.63) is 56.9 Å². The normalized spacial score (nSPS) is 10.4. The van der Waals surface area contributed by atoms with Crippen LogP contribution < -0.4 is 21.7 Å². The molecule has 2 aromatic rings. The third-order valence-electron chi connectivity index (χ3n) is 2.87. The molecule has 0 spiro atoms. The first-order valence-corrected chi connectivity index (χ1v) is 5.73. The molecule has 0 saturated heterocycles. The number of benzene rings is 1. The van der Waals surface area contributed by atoms with Gasteiger partial charge in [0.15, 0.2) is 0 Å². The van der Waals surface area contributed by atoms with Crippen LogP contribution in [-0.2, 0) is 20.7 Å². The van der Waals surface area contributed by atoms with Crippen LogP contribution in [0.3, 0.4) is 0 Å². The smallest absolute Gasteiger partial charge is 0.330 e. The molecule has 2 N–H and O–H groups in total. The molecule has 100 valence electrons. The third-order valence-corrected chi connectivity index (χ3v) is 2.87. The largest absolute Gasteiger partial charge is 0.487 e. The van der Waals surface area contributed by atoms with Crippen LogP contribution in [0.4, 0.5) is 5.69 Å². The standard InChI is InChI=1S/C13H15N3O3/c1-15-10(7-12(17)16(2)13(15)18)8-19-11-5-3-4-9(14)6-11/h3-7H,8,14H2,1-2H3. The molecule has 1 aromatic carbocycles. The summed E-state index contributed by atoms with van der Waals surface area (Å²) in [5.74, 6) is 0.591. The second-order valence-electron chi connectivity index (χ2n) is 4.24. The van der Waals surface area contributed by atoms with Crippen molar-refractivity contribution in [1.82, 2.24) is 9.13 Å². The van der Waals surface area contributed by atoms with Crippen LogP contribution >= 0.6 is 0 Å². The second-order valence-corrected chi connectivity index (χ2v) is 4.24. The summed E-state index contributed by atoms with van der Waals surface area (Å²) in [6.07, 6.45) is 0. The van der Waals surface area contributed by atoms with Crippen molar-refractivity contribution < 1.29 is 4.74 Å². The van der Waals surface area contributed by atoms with Gasteiger partial charge in [-0.3, -0.25) is 13.9 Å². The van der Waals surface area contributed by atoms with Gasteiger partial charge in [-0.1, -0.05) is 6.07 Å².